The van der Waals surface area contributed by atoms with Gasteiger partial charge in [0.05, 0.1) is 6.04 Å². The molecule has 112 valence electrons. The molecule has 0 spiro atoms. The second kappa shape index (κ2) is 5.85. The normalized spacial score (nSPS) is 16.4. The van der Waals surface area contributed by atoms with Crippen LogP contribution < -0.4 is 5.73 Å². The van der Waals surface area contributed by atoms with Crippen molar-refractivity contribution in [2.24, 2.45) is 5.73 Å². The molecule has 1 nitrogen and oxygen atoms in total. The number of aryl methyl sites for hydroxylation is 3. The third-order valence-corrected chi connectivity index (χ3v) is 5.51. The number of nitrogens with two attached hydrogens (primary N) is 1. The molecule has 21 heavy (non-hydrogen) atoms. The van der Waals surface area contributed by atoms with Gasteiger partial charge in [-0.05, 0) is 55.9 Å². The first-order valence-corrected chi connectivity index (χ1v) is 8.20. The number of hydrogen-bond acceptors (Lipinski definition) is 2. The first-order chi connectivity index (χ1) is 10.1. The third kappa shape index (κ3) is 2.87. The fourth-order valence-electron chi connectivity index (χ4n) is 2.91. The van der Waals surface area contributed by atoms with Gasteiger partial charge in [0, 0.05) is 21.4 Å². The lowest BCUT2D eigenvalue weighted by Gasteiger charge is -2.12. The van der Waals surface area contributed by atoms with E-state index in [0.29, 0.717) is 11.1 Å². The fraction of sp³-hybridized carbons (Fsp3) is 0.412. The largest absolute Gasteiger partial charge is 0.320 e. The quantitative estimate of drug-likeness (QED) is 0.803. The van der Waals surface area contributed by atoms with Crippen LogP contribution in [0.25, 0.3) is 0 Å². The van der Waals surface area contributed by atoms with E-state index >= 15 is 0 Å². The summed E-state index contributed by atoms with van der Waals surface area (Å²) in [5, 5.41) is 0. The Balaban J connectivity index is 1.95. The highest BCUT2D eigenvalue weighted by atomic mass is 32.1. The summed E-state index contributed by atoms with van der Waals surface area (Å²) in [6.07, 6.45) is 5.88. The first-order valence-electron chi connectivity index (χ1n) is 7.39. The predicted octanol–water partition coefficient (Wildman–Crippen LogP) is 4.65. The molecule has 1 aliphatic carbocycles. The molecule has 0 radical (unpaired) electrons. The van der Waals surface area contributed by atoms with Gasteiger partial charge in [-0.25, -0.2) is 8.78 Å². The van der Waals surface area contributed by atoms with E-state index in [-0.39, 0.29) is 0 Å². The summed E-state index contributed by atoms with van der Waals surface area (Å²) in [6, 6.07) is 4.07. The summed E-state index contributed by atoms with van der Waals surface area (Å²) in [7, 11) is 0. The molecular weight excluding hydrogens is 288 g/mol. The summed E-state index contributed by atoms with van der Waals surface area (Å²) in [5.74, 6) is -1.08. The minimum atomic E-state index is -0.561. The molecule has 1 atom stereocenters. The van der Waals surface area contributed by atoms with Gasteiger partial charge in [-0.2, -0.15) is 0 Å². The second-order valence-electron chi connectivity index (χ2n) is 5.76. The Morgan fingerprint density at radius 2 is 1.81 bits per heavy atom. The van der Waals surface area contributed by atoms with E-state index in [1.807, 2.05) is 0 Å². The maximum Gasteiger partial charge on any atom is 0.131 e. The molecule has 4 heteroatoms. The van der Waals surface area contributed by atoms with Crippen LogP contribution in [0.3, 0.4) is 0 Å². The highest BCUT2D eigenvalue weighted by molar-refractivity contribution is 7.12. The molecule has 0 saturated heterocycles. The average molecular weight is 307 g/mol. The minimum absolute atomic E-state index is 0.380. The molecular formula is C17H19F2NS. The molecule has 3 rings (SSSR count). The molecule has 2 aromatic rings. The van der Waals surface area contributed by atoms with E-state index in [4.69, 9.17) is 5.73 Å². The lowest BCUT2D eigenvalue weighted by atomic mass is 10.0. The van der Waals surface area contributed by atoms with Crippen LogP contribution in [-0.4, -0.2) is 0 Å². The highest BCUT2D eigenvalue weighted by Crippen LogP contribution is 2.34. The summed E-state index contributed by atoms with van der Waals surface area (Å²) in [5.41, 5.74) is 8.41. The van der Waals surface area contributed by atoms with Crippen molar-refractivity contribution in [1.29, 1.82) is 0 Å². The molecule has 1 aromatic heterocycles. The van der Waals surface area contributed by atoms with Gasteiger partial charge >= 0.3 is 0 Å². The first kappa shape index (κ1) is 14.7. The van der Waals surface area contributed by atoms with Crippen molar-refractivity contribution < 1.29 is 8.78 Å². The molecule has 0 amide bonds. The van der Waals surface area contributed by atoms with Crippen molar-refractivity contribution in [1.82, 2.24) is 0 Å². The van der Waals surface area contributed by atoms with Crippen LogP contribution >= 0.6 is 11.3 Å². The maximum atomic E-state index is 14.0. The number of rotatable bonds is 2. The van der Waals surface area contributed by atoms with Gasteiger partial charge in [0.2, 0.25) is 0 Å². The summed E-state index contributed by atoms with van der Waals surface area (Å²) in [6.45, 7) is 1.63. The van der Waals surface area contributed by atoms with E-state index in [2.05, 4.69) is 6.07 Å². The van der Waals surface area contributed by atoms with Crippen LogP contribution in [0.5, 0.6) is 0 Å². The Hall–Kier alpha value is -1.26. The smallest absolute Gasteiger partial charge is 0.131 e. The highest BCUT2D eigenvalue weighted by Gasteiger charge is 2.20. The summed E-state index contributed by atoms with van der Waals surface area (Å²) >= 11 is 1.68. The van der Waals surface area contributed by atoms with Crippen LogP contribution in [0, 0.1) is 18.6 Å². The van der Waals surface area contributed by atoms with Crippen LogP contribution in [0.1, 0.15) is 51.7 Å². The SMILES string of the molecule is Cc1cc(C(N)c2cc3c(s2)CCCCC3)c(F)cc1F. The topological polar surface area (TPSA) is 26.0 Å². The molecule has 1 heterocycles. The zero-order chi connectivity index (χ0) is 15.0. The van der Waals surface area contributed by atoms with Crippen LogP contribution in [0.15, 0.2) is 18.2 Å². The lowest BCUT2D eigenvalue weighted by molar-refractivity contribution is 0.561. The van der Waals surface area contributed by atoms with Gasteiger partial charge in [0.1, 0.15) is 11.6 Å². The van der Waals surface area contributed by atoms with Crippen molar-refractivity contribution in [2.75, 3.05) is 0 Å². The fourth-order valence-corrected chi connectivity index (χ4v) is 4.19. The zero-order valence-corrected chi connectivity index (χ0v) is 12.9. The Bertz CT molecular complexity index is 640. The lowest BCUT2D eigenvalue weighted by Crippen LogP contribution is -2.13. The molecule has 0 aliphatic heterocycles. The summed E-state index contributed by atoms with van der Waals surface area (Å²) in [4.78, 5) is 2.36. The van der Waals surface area contributed by atoms with Crippen LogP contribution in [0.2, 0.25) is 0 Å². The third-order valence-electron chi connectivity index (χ3n) is 4.19. The van der Waals surface area contributed by atoms with Crippen LogP contribution in [-0.2, 0) is 12.8 Å². The zero-order valence-electron chi connectivity index (χ0n) is 12.1. The van der Waals surface area contributed by atoms with Gasteiger partial charge in [-0.15, -0.1) is 11.3 Å². The number of benzene rings is 1. The van der Waals surface area contributed by atoms with E-state index in [9.17, 15) is 8.78 Å². The van der Waals surface area contributed by atoms with Crippen LogP contribution in [0.4, 0.5) is 8.78 Å². The molecule has 0 bridgehead atoms. The standard InChI is InChI=1S/C17H19F2NS/c1-10-7-12(14(19)9-13(10)18)17(20)16-8-11-5-3-2-4-6-15(11)21-16/h7-9,17H,2-6,20H2,1H3. The van der Waals surface area contributed by atoms with E-state index < -0.39 is 17.7 Å². The summed E-state index contributed by atoms with van der Waals surface area (Å²) < 4.78 is 27.4. The number of hydrogen-bond donors (Lipinski definition) is 1. The minimum Gasteiger partial charge on any atom is -0.320 e. The molecule has 0 saturated carbocycles. The number of fused-ring (bicyclic) bond motifs is 1. The van der Waals surface area contributed by atoms with Crippen molar-refractivity contribution in [3.63, 3.8) is 0 Å². The van der Waals surface area contributed by atoms with Gasteiger partial charge in [0.15, 0.2) is 0 Å². The Morgan fingerprint density at radius 1 is 1.05 bits per heavy atom. The van der Waals surface area contributed by atoms with Crippen molar-refractivity contribution in [2.45, 2.75) is 45.1 Å². The predicted molar refractivity (Wildman–Crippen MR) is 82.7 cm³/mol. The number of thiophene rings is 1. The average Bonchev–Trinajstić information content (AvgIpc) is 2.73. The van der Waals surface area contributed by atoms with E-state index in [1.54, 1.807) is 18.3 Å². The Labute approximate surface area is 127 Å². The van der Waals surface area contributed by atoms with Gasteiger partial charge in [-0.1, -0.05) is 6.42 Å². The van der Waals surface area contributed by atoms with E-state index in [0.717, 1.165) is 23.8 Å². The van der Waals surface area contributed by atoms with Crippen molar-refractivity contribution in [3.8, 4) is 0 Å². The molecule has 1 aromatic carbocycles. The van der Waals surface area contributed by atoms with Gasteiger partial charge in [-0.3, -0.25) is 0 Å². The molecule has 0 fully saturated rings. The number of halogens is 2. The maximum absolute atomic E-state index is 14.0. The van der Waals surface area contributed by atoms with Gasteiger partial charge < -0.3 is 5.73 Å². The second-order valence-corrected chi connectivity index (χ2v) is 6.93. The van der Waals surface area contributed by atoms with Crippen molar-refractivity contribution in [3.05, 3.63) is 56.3 Å². The van der Waals surface area contributed by atoms with Crippen molar-refractivity contribution >= 4 is 11.3 Å². The van der Waals surface area contributed by atoms with E-state index in [1.165, 1.54) is 35.8 Å². The molecule has 2 N–H and O–H groups in total. The molecule has 1 unspecified atom stereocenters. The van der Waals surface area contributed by atoms with Gasteiger partial charge in [0.25, 0.3) is 0 Å². The molecule has 1 aliphatic rings. The Kier molecular flexibility index (Phi) is 4.09. The Morgan fingerprint density at radius 3 is 2.62 bits per heavy atom. The monoisotopic (exact) mass is 307 g/mol.